The Bertz CT molecular complexity index is 667. The molecule has 0 unspecified atom stereocenters. The fourth-order valence-electron chi connectivity index (χ4n) is 1.64. The van der Waals surface area contributed by atoms with Crippen LogP contribution in [0.1, 0.15) is 5.56 Å². The van der Waals surface area contributed by atoms with Crippen molar-refractivity contribution in [3.63, 3.8) is 0 Å². The van der Waals surface area contributed by atoms with Crippen LogP contribution in [0.25, 0.3) is 0 Å². The number of nitrogens with zero attached hydrogens (tertiary/aromatic N) is 1. The molecular weight excluding hydrogens is 351 g/mol. The molecule has 104 valence electrons. The monoisotopic (exact) mass is 358 g/mol. The van der Waals surface area contributed by atoms with Gasteiger partial charge in [-0.2, -0.15) is 0 Å². The van der Waals surface area contributed by atoms with Crippen molar-refractivity contribution in [2.75, 3.05) is 5.32 Å². The third kappa shape index (κ3) is 3.46. The number of nitro groups is 1. The highest BCUT2D eigenvalue weighted by Crippen LogP contribution is 2.27. The van der Waals surface area contributed by atoms with Gasteiger partial charge in [0.15, 0.2) is 0 Å². The second kappa shape index (κ2) is 6.19. The summed E-state index contributed by atoms with van der Waals surface area (Å²) in [6.45, 7) is 0.363. The van der Waals surface area contributed by atoms with Crippen molar-refractivity contribution >= 4 is 38.9 Å². The quantitative estimate of drug-likeness (QED) is 0.632. The fraction of sp³-hybridized carbons (Fsp3) is 0.0769. The Hall–Kier alpha value is -1.66. The van der Waals surface area contributed by atoms with Crippen molar-refractivity contribution in [1.29, 1.82) is 0 Å². The second-order valence-corrected chi connectivity index (χ2v) is 5.28. The highest BCUT2D eigenvalue weighted by Gasteiger charge is 2.12. The van der Waals surface area contributed by atoms with Crippen LogP contribution in [0.2, 0.25) is 5.02 Å². The molecule has 2 rings (SSSR count). The van der Waals surface area contributed by atoms with Crippen molar-refractivity contribution in [1.82, 2.24) is 0 Å². The number of hydrogen-bond acceptors (Lipinski definition) is 3. The SMILES string of the molecule is O=[N+]([O-])c1cc(CNc2ccc(F)cc2Br)ccc1Cl. The number of nitro benzene ring substituents is 1. The van der Waals surface area contributed by atoms with Gasteiger partial charge >= 0.3 is 0 Å². The molecule has 20 heavy (non-hydrogen) atoms. The molecule has 4 nitrogen and oxygen atoms in total. The minimum Gasteiger partial charge on any atom is -0.380 e. The summed E-state index contributed by atoms with van der Waals surface area (Å²) < 4.78 is 13.5. The lowest BCUT2D eigenvalue weighted by Crippen LogP contribution is -2.01. The lowest BCUT2D eigenvalue weighted by molar-refractivity contribution is -0.384. The molecule has 0 bridgehead atoms. The molecule has 0 saturated heterocycles. The van der Waals surface area contributed by atoms with Gasteiger partial charge in [-0.05, 0) is 45.8 Å². The number of rotatable bonds is 4. The van der Waals surface area contributed by atoms with Gasteiger partial charge in [-0.25, -0.2) is 4.39 Å². The number of halogens is 3. The van der Waals surface area contributed by atoms with Crippen LogP contribution in [-0.4, -0.2) is 4.92 Å². The smallest absolute Gasteiger partial charge is 0.288 e. The first kappa shape index (κ1) is 14.7. The number of benzene rings is 2. The summed E-state index contributed by atoms with van der Waals surface area (Å²) in [6.07, 6.45) is 0. The summed E-state index contributed by atoms with van der Waals surface area (Å²) in [5.41, 5.74) is 1.27. The zero-order valence-electron chi connectivity index (χ0n) is 10.1. The molecule has 2 aromatic rings. The van der Waals surface area contributed by atoms with Crippen molar-refractivity contribution in [2.45, 2.75) is 6.54 Å². The minimum atomic E-state index is -0.528. The van der Waals surface area contributed by atoms with Crippen LogP contribution in [0, 0.1) is 15.9 Å². The van der Waals surface area contributed by atoms with Gasteiger partial charge in [0.25, 0.3) is 5.69 Å². The van der Waals surface area contributed by atoms with Crippen molar-refractivity contribution in [3.8, 4) is 0 Å². The van der Waals surface area contributed by atoms with E-state index >= 15 is 0 Å². The van der Waals surface area contributed by atoms with Gasteiger partial charge in [0.05, 0.1) is 4.92 Å². The Balaban J connectivity index is 2.15. The molecule has 0 heterocycles. The van der Waals surface area contributed by atoms with Crippen LogP contribution in [0.15, 0.2) is 40.9 Å². The van der Waals surface area contributed by atoms with Crippen LogP contribution < -0.4 is 5.32 Å². The zero-order valence-corrected chi connectivity index (χ0v) is 12.4. The van der Waals surface area contributed by atoms with Gasteiger partial charge in [0.2, 0.25) is 0 Å². The lowest BCUT2D eigenvalue weighted by atomic mass is 10.2. The average Bonchev–Trinajstić information content (AvgIpc) is 2.39. The van der Waals surface area contributed by atoms with Gasteiger partial charge in [-0.15, -0.1) is 0 Å². The fourth-order valence-corrected chi connectivity index (χ4v) is 2.32. The molecule has 0 aromatic heterocycles. The molecule has 0 aliphatic heterocycles. The average molecular weight is 360 g/mol. The predicted octanol–water partition coefficient (Wildman–Crippen LogP) is 4.76. The summed E-state index contributed by atoms with van der Waals surface area (Å²) in [6, 6.07) is 8.84. The molecule has 0 spiro atoms. The molecule has 7 heteroatoms. The maximum Gasteiger partial charge on any atom is 0.288 e. The standard InChI is InChI=1S/C13H9BrClFN2O2/c14-10-6-9(16)2-4-12(10)17-7-8-1-3-11(15)13(5-8)18(19)20/h1-6,17H,7H2. The van der Waals surface area contributed by atoms with Gasteiger partial charge < -0.3 is 5.32 Å². The Morgan fingerprint density at radius 3 is 2.70 bits per heavy atom. The van der Waals surface area contributed by atoms with E-state index in [2.05, 4.69) is 21.2 Å². The van der Waals surface area contributed by atoms with E-state index in [1.807, 2.05) is 0 Å². The topological polar surface area (TPSA) is 55.2 Å². The third-order valence-electron chi connectivity index (χ3n) is 2.62. The molecule has 0 fully saturated rings. The van der Waals surface area contributed by atoms with Crippen molar-refractivity contribution in [3.05, 3.63) is 67.4 Å². The van der Waals surface area contributed by atoms with Gasteiger partial charge in [0.1, 0.15) is 10.8 Å². The largest absolute Gasteiger partial charge is 0.380 e. The van der Waals surface area contributed by atoms with E-state index in [-0.39, 0.29) is 16.5 Å². The van der Waals surface area contributed by atoms with Gasteiger partial charge in [0, 0.05) is 22.8 Å². The van der Waals surface area contributed by atoms with E-state index in [1.165, 1.54) is 24.3 Å². The van der Waals surface area contributed by atoms with E-state index in [4.69, 9.17) is 11.6 Å². The molecule has 0 aliphatic carbocycles. The highest BCUT2D eigenvalue weighted by molar-refractivity contribution is 9.10. The summed E-state index contributed by atoms with van der Waals surface area (Å²) in [4.78, 5) is 10.3. The maximum absolute atomic E-state index is 12.9. The Labute approximate surface area is 127 Å². The van der Waals surface area contributed by atoms with Crippen LogP contribution in [0.4, 0.5) is 15.8 Å². The number of nitrogens with one attached hydrogen (secondary N) is 1. The number of hydrogen-bond donors (Lipinski definition) is 1. The molecule has 0 saturated carbocycles. The minimum absolute atomic E-state index is 0.0988. The molecular formula is C13H9BrClFN2O2. The van der Waals surface area contributed by atoms with Crippen LogP contribution >= 0.6 is 27.5 Å². The highest BCUT2D eigenvalue weighted by atomic mass is 79.9. The van der Waals surface area contributed by atoms with Gasteiger partial charge in [-0.1, -0.05) is 17.7 Å². The second-order valence-electron chi connectivity index (χ2n) is 4.02. The number of anilines is 1. The molecule has 2 aromatic carbocycles. The molecule has 0 radical (unpaired) electrons. The predicted molar refractivity (Wildman–Crippen MR) is 79.5 cm³/mol. The first-order valence-electron chi connectivity index (χ1n) is 5.59. The van der Waals surface area contributed by atoms with E-state index in [0.717, 1.165) is 0 Å². The maximum atomic E-state index is 12.9. The first-order valence-corrected chi connectivity index (χ1v) is 6.76. The van der Waals surface area contributed by atoms with Crippen molar-refractivity contribution in [2.24, 2.45) is 0 Å². The molecule has 0 amide bonds. The normalized spacial score (nSPS) is 10.3. The summed E-state index contributed by atoms with van der Waals surface area (Å²) in [7, 11) is 0. The zero-order chi connectivity index (χ0) is 14.7. The first-order chi connectivity index (χ1) is 9.47. The Kier molecular flexibility index (Phi) is 4.57. The van der Waals surface area contributed by atoms with Crippen molar-refractivity contribution < 1.29 is 9.31 Å². The van der Waals surface area contributed by atoms with Crippen LogP contribution in [0.3, 0.4) is 0 Å². The van der Waals surface area contributed by atoms with Gasteiger partial charge in [-0.3, -0.25) is 10.1 Å². The molecule has 0 aliphatic rings. The summed E-state index contributed by atoms with van der Waals surface area (Å²) in [5.74, 6) is -0.343. The molecule has 0 atom stereocenters. The van der Waals surface area contributed by atoms with Crippen LogP contribution in [-0.2, 0) is 6.54 Å². The van der Waals surface area contributed by atoms with E-state index in [9.17, 15) is 14.5 Å². The van der Waals surface area contributed by atoms with E-state index < -0.39 is 4.92 Å². The summed E-state index contributed by atoms with van der Waals surface area (Å²) in [5, 5.41) is 14.0. The van der Waals surface area contributed by atoms with E-state index in [1.54, 1.807) is 12.1 Å². The Morgan fingerprint density at radius 2 is 2.05 bits per heavy atom. The molecule has 1 N–H and O–H groups in total. The Morgan fingerprint density at radius 1 is 1.30 bits per heavy atom. The third-order valence-corrected chi connectivity index (χ3v) is 3.60. The van der Waals surface area contributed by atoms with E-state index in [0.29, 0.717) is 22.3 Å². The van der Waals surface area contributed by atoms with Crippen LogP contribution in [0.5, 0.6) is 0 Å². The summed E-state index contributed by atoms with van der Waals surface area (Å²) >= 11 is 8.98. The lowest BCUT2D eigenvalue weighted by Gasteiger charge is -2.09.